The fourth-order valence-corrected chi connectivity index (χ4v) is 5.73. The number of fused-ring (bicyclic) bond motifs is 1. The van der Waals surface area contributed by atoms with Crippen molar-refractivity contribution in [1.82, 2.24) is 9.62 Å². The molecule has 1 aliphatic heterocycles. The summed E-state index contributed by atoms with van der Waals surface area (Å²) >= 11 is -1.20. The van der Waals surface area contributed by atoms with Crippen molar-refractivity contribution in [3.05, 3.63) is 34.9 Å². The number of carbonyl (C=O) groups is 1. The summed E-state index contributed by atoms with van der Waals surface area (Å²) in [5.74, 6) is 3.35. The zero-order chi connectivity index (χ0) is 22.3. The molecule has 1 heterocycles. The van der Waals surface area contributed by atoms with Gasteiger partial charge in [0, 0.05) is 35.4 Å². The molecule has 30 heavy (non-hydrogen) atoms. The van der Waals surface area contributed by atoms with E-state index in [0.29, 0.717) is 13.1 Å². The average Bonchev–Trinajstić information content (AvgIpc) is 2.91. The monoisotopic (exact) mass is 446 g/mol. The SMILES string of the molecule is CC(C)(C)[S+]([O-])N[C@@H]1c2ccc(C#C[Si](C)(C)C)cc2CC12CCN(C(=O)O)CC2. The lowest BCUT2D eigenvalue weighted by Crippen LogP contribution is -2.50. The van der Waals surface area contributed by atoms with Crippen molar-refractivity contribution in [2.75, 3.05) is 13.1 Å². The molecule has 0 saturated carbocycles. The lowest BCUT2D eigenvalue weighted by Gasteiger charge is -2.43. The summed E-state index contributed by atoms with van der Waals surface area (Å²) in [5.41, 5.74) is 6.80. The first-order valence-electron chi connectivity index (χ1n) is 10.6. The summed E-state index contributed by atoms with van der Waals surface area (Å²) in [6.07, 6.45) is 1.55. The van der Waals surface area contributed by atoms with E-state index in [9.17, 15) is 14.5 Å². The number of nitrogens with zero attached hydrogens (tertiary/aromatic N) is 1. The average molecular weight is 447 g/mol. The van der Waals surface area contributed by atoms with Crippen LogP contribution in [0.5, 0.6) is 0 Å². The Bertz CT molecular complexity index is 871. The summed E-state index contributed by atoms with van der Waals surface area (Å²) < 4.78 is 16.1. The van der Waals surface area contributed by atoms with E-state index in [0.717, 1.165) is 24.8 Å². The quantitative estimate of drug-likeness (QED) is 0.403. The first kappa shape index (κ1) is 23.2. The van der Waals surface area contributed by atoms with Crippen molar-refractivity contribution >= 4 is 25.5 Å². The minimum absolute atomic E-state index is 0.0393. The van der Waals surface area contributed by atoms with Gasteiger partial charge < -0.3 is 14.6 Å². The molecule has 2 N–H and O–H groups in total. The number of piperidine rings is 1. The molecule has 0 bridgehead atoms. The fraction of sp³-hybridized carbons (Fsp3) is 0.609. The Hall–Kier alpha value is -1.46. The van der Waals surface area contributed by atoms with Crippen molar-refractivity contribution < 1.29 is 14.5 Å². The number of hydrogen-bond acceptors (Lipinski definition) is 3. The normalized spacial score (nSPS) is 21.7. The third kappa shape index (κ3) is 5.05. The molecule has 2 aliphatic rings. The van der Waals surface area contributed by atoms with Crippen LogP contribution in [0.4, 0.5) is 4.79 Å². The topological polar surface area (TPSA) is 75.6 Å². The maximum absolute atomic E-state index is 13.0. The summed E-state index contributed by atoms with van der Waals surface area (Å²) in [4.78, 5) is 12.9. The van der Waals surface area contributed by atoms with Crippen molar-refractivity contribution in [1.29, 1.82) is 0 Å². The molecular formula is C23H34N2O3SSi. The Morgan fingerprint density at radius 2 is 1.93 bits per heavy atom. The van der Waals surface area contributed by atoms with E-state index < -0.39 is 25.5 Å². The van der Waals surface area contributed by atoms with E-state index in [1.165, 1.54) is 16.0 Å². The van der Waals surface area contributed by atoms with Crippen molar-refractivity contribution in [3.63, 3.8) is 0 Å². The van der Waals surface area contributed by atoms with Crippen LogP contribution in [0, 0.1) is 16.9 Å². The lowest BCUT2D eigenvalue weighted by molar-refractivity contribution is 0.0764. The van der Waals surface area contributed by atoms with Gasteiger partial charge in [0.15, 0.2) is 0 Å². The standard InChI is InChI=1S/C23H34N2O3SSi/c1-22(2,3)29(28)24-20-19-8-7-17(9-14-30(4,5)6)15-18(19)16-23(20)10-12-25(13-11-23)21(26)27/h7-8,15,20,24H,10-13,16H2,1-6H3,(H,26,27)/t20-,29?/m1/s1. The second-order valence-electron chi connectivity index (χ2n) is 10.7. The molecule has 1 spiro atoms. The molecule has 2 atom stereocenters. The van der Waals surface area contributed by atoms with Crippen LogP contribution in [-0.4, -0.2) is 46.6 Å². The second-order valence-corrected chi connectivity index (χ2v) is 17.4. The van der Waals surface area contributed by atoms with Gasteiger partial charge in [-0.25, -0.2) is 4.79 Å². The second kappa shape index (κ2) is 8.23. The smallest absolute Gasteiger partial charge is 0.407 e. The van der Waals surface area contributed by atoms with E-state index in [2.05, 4.69) is 54.0 Å². The highest BCUT2D eigenvalue weighted by Crippen LogP contribution is 2.52. The Labute approximate surface area is 184 Å². The summed E-state index contributed by atoms with van der Waals surface area (Å²) in [6.45, 7) is 13.7. The minimum Gasteiger partial charge on any atom is -0.598 e. The molecule has 0 radical (unpaired) electrons. The van der Waals surface area contributed by atoms with Gasteiger partial charge in [-0.15, -0.1) is 10.3 Å². The number of rotatable bonds is 2. The summed E-state index contributed by atoms with van der Waals surface area (Å²) in [6, 6.07) is 6.36. The Kier molecular flexibility index (Phi) is 6.37. The predicted molar refractivity (Wildman–Crippen MR) is 125 cm³/mol. The number of benzene rings is 1. The Balaban J connectivity index is 1.94. The van der Waals surface area contributed by atoms with Gasteiger partial charge in [0.2, 0.25) is 0 Å². The molecule has 5 nitrogen and oxygen atoms in total. The number of carboxylic acid groups (broad SMARTS) is 1. The minimum atomic E-state index is -1.45. The van der Waals surface area contributed by atoms with E-state index in [1.54, 1.807) is 0 Å². The number of amides is 1. The molecule has 1 aliphatic carbocycles. The maximum atomic E-state index is 13.0. The lowest BCUT2D eigenvalue weighted by atomic mass is 9.73. The molecule has 1 aromatic carbocycles. The Morgan fingerprint density at radius 1 is 1.30 bits per heavy atom. The molecule has 1 saturated heterocycles. The first-order chi connectivity index (χ1) is 13.8. The van der Waals surface area contributed by atoms with Crippen LogP contribution in [0.1, 0.15) is 56.3 Å². The number of hydrogen-bond donors (Lipinski definition) is 2. The van der Waals surface area contributed by atoms with E-state index >= 15 is 0 Å². The molecule has 1 fully saturated rings. The van der Waals surface area contributed by atoms with Crippen molar-refractivity contribution in [2.45, 2.75) is 70.5 Å². The number of likely N-dealkylation sites (tertiary alicyclic amines) is 1. The van der Waals surface area contributed by atoms with E-state index in [4.69, 9.17) is 0 Å². The van der Waals surface area contributed by atoms with Crippen molar-refractivity contribution in [2.24, 2.45) is 5.41 Å². The molecule has 3 rings (SSSR count). The summed E-state index contributed by atoms with van der Waals surface area (Å²) in [7, 11) is -1.45. The van der Waals surface area contributed by atoms with Crippen LogP contribution in [0.2, 0.25) is 19.6 Å². The van der Waals surface area contributed by atoms with Gasteiger partial charge in [-0.1, -0.05) is 31.6 Å². The molecular weight excluding hydrogens is 412 g/mol. The van der Waals surface area contributed by atoms with Gasteiger partial charge in [0.05, 0.1) is 6.04 Å². The highest BCUT2D eigenvalue weighted by Gasteiger charge is 2.50. The highest BCUT2D eigenvalue weighted by molar-refractivity contribution is 7.90. The van der Waals surface area contributed by atoms with Gasteiger partial charge in [0.25, 0.3) is 0 Å². The maximum Gasteiger partial charge on any atom is 0.407 e. The van der Waals surface area contributed by atoms with Crippen LogP contribution in [-0.2, 0) is 17.8 Å². The van der Waals surface area contributed by atoms with Crippen LogP contribution < -0.4 is 4.72 Å². The summed E-state index contributed by atoms with van der Waals surface area (Å²) in [5, 5.41) is 9.37. The third-order valence-electron chi connectivity index (χ3n) is 6.00. The van der Waals surface area contributed by atoms with Crippen LogP contribution >= 0.6 is 0 Å². The van der Waals surface area contributed by atoms with Gasteiger partial charge in [-0.3, -0.25) is 0 Å². The van der Waals surface area contributed by atoms with Gasteiger partial charge in [-0.05, 0) is 63.3 Å². The van der Waals surface area contributed by atoms with E-state index in [1.807, 2.05) is 20.8 Å². The molecule has 164 valence electrons. The van der Waals surface area contributed by atoms with Gasteiger partial charge in [0.1, 0.15) is 12.8 Å². The zero-order valence-electron chi connectivity index (χ0n) is 19.0. The number of nitrogens with one attached hydrogen (secondary N) is 1. The largest absolute Gasteiger partial charge is 0.598 e. The van der Waals surface area contributed by atoms with Gasteiger partial charge >= 0.3 is 6.09 Å². The highest BCUT2D eigenvalue weighted by atomic mass is 32.2. The molecule has 1 aromatic rings. The first-order valence-corrected chi connectivity index (χ1v) is 15.3. The molecule has 1 amide bonds. The Morgan fingerprint density at radius 3 is 2.47 bits per heavy atom. The fourth-order valence-electron chi connectivity index (χ4n) is 4.27. The van der Waals surface area contributed by atoms with Crippen LogP contribution in [0.15, 0.2) is 18.2 Å². The van der Waals surface area contributed by atoms with Crippen LogP contribution in [0.3, 0.4) is 0 Å². The van der Waals surface area contributed by atoms with Gasteiger partial charge in [-0.2, -0.15) is 0 Å². The van der Waals surface area contributed by atoms with Crippen molar-refractivity contribution in [3.8, 4) is 11.5 Å². The van der Waals surface area contributed by atoms with E-state index in [-0.39, 0.29) is 16.2 Å². The predicted octanol–water partition coefficient (Wildman–Crippen LogP) is 4.32. The zero-order valence-corrected chi connectivity index (χ0v) is 20.8. The molecule has 7 heteroatoms. The van der Waals surface area contributed by atoms with Crippen LogP contribution in [0.25, 0.3) is 0 Å². The third-order valence-corrected chi connectivity index (χ3v) is 8.44. The molecule has 0 aromatic heterocycles. The molecule has 1 unspecified atom stereocenters.